The minimum absolute atomic E-state index is 0.373. The molecule has 1 heterocycles. The van der Waals surface area contributed by atoms with Gasteiger partial charge in [0.1, 0.15) is 0 Å². The molecule has 0 saturated heterocycles. The van der Waals surface area contributed by atoms with Gasteiger partial charge in [0.2, 0.25) is 0 Å². The smallest absolute Gasteiger partial charge is 0.161 e. The summed E-state index contributed by atoms with van der Waals surface area (Å²) in [5.41, 5.74) is 3.10. The van der Waals surface area contributed by atoms with Crippen LogP contribution >= 0.6 is 0 Å². The lowest BCUT2D eigenvalue weighted by Gasteiger charge is -2.38. The molecule has 2 aliphatic rings. The Balaban J connectivity index is 1.72. The molecule has 128 valence electrons. The van der Waals surface area contributed by atoms with E-state index in [-0.39, 0.29) is 0 Å². The molecule has 4 nitrogen and oxygen atoms in total. The number of nitriles is 1. The first-order valence-corrected chi connectivity index (χ1v) is 8.70. The third kappa shape index (κ3) is 2.42. The highest BCUT2D eigenvalue weighted by Gasteiger charge is 2.46. The molecule has 0 amide bonds. The van der Waals surface area contributed by atoms with Gasteiger partial charge in [0.15, 0.2) is 11.5 Å². The number of hydrogen-bond donors (Lipinski definition) is 1. The van der Waals surface area contributed by atoms with E-state index in [1.807, 2.05) is 18.2 Å². The van der Waals surface area contributed by atoms with Crippen molar-refractivity contribution in [2.24, 2.45) is 0 Å². The lowest BCUT2D eigenvalue weighted by atomic mass is 9.64. The Labute approximate surface area is 148 Å². The van der Waals surface area contributed by atoms with Gasteiger partial charge < -0.3 is 14.8 Å². The Hall–Kier alpha value is -2.67. The van der Waals surface area contributed by atoms with Crippen molar-refractivity contribution >= 4 is 5.69 Å². The van der Waals surface area contributed by atoms with Crippen molar-refractivity contribution in [2.45, 2.75) is 36.6 Å². The second-order valence-electron chi connectivity index (χ2n) is 6.95. The Morgan fingerprint density at radius 2 is 1.92 bits per heavy atom. The van der Waals surface area contributed by atoms with Crippen LogP contribution in [0.15, 0.2) is 42.5 Å². The Kier molecular flexibility index (Phi) is 3.80. The van der Waals surface area contributed by atoms with Crippen molar-refractivity contribution in [2.75, 3.05) is 19.5 Å². The number of ether oxygens (including phenoxy) is 2. The number of nitrogens with one attached hydrogen (secondary N) is 1. The number of rotatable bonds is 3. The molecule has 4 rings (SSSR count). The van der Waals surface area contributed by atoms with Crippen molar-refractivity contribution < 1.29 is 9.47 Å². The fourth-order valence-corrected chi connectivity index (χ4v) is 4.44. The molecule has 1 N–H and O–H groups in total. The summed E-state index contributed by atoms with van der Waals surface area (Å²) in [5.74, 6) is 1.75. The normalized spacial score (nSPS) is 26.8. The summed E-state index contributed by atoms with van der Waals surface area (Å²) < 4.78 is 10.8. The molecule has 0 aromatic heterocycles. The first-order valence-electron chi connectivity index (χ1n) is 8.70. The molecule has 1 aliphatic heterocycles. The molecule has 2 aromatic rings. The van der Waals surface area contributed by atoms with Gasteiger partial charge in [-0.25, -0.2) is 0 Å². The van der Waals surface area contributed by atoms with Gasteiger partial charge in [0, 0.05) is 17.6 Å². The van der Waals surface area contributed by atoms with E-state index in [0.29, 0.717) is 23.5 Å². The standard InChI is InChI=1S/C21H22N2O2/c1-24-19-8-7-14(11-20(19)25-2)21(13-22)10-9-18-16(12-21)15-5-3-4-6-17(15)23-18/h3-8,11,16,18,23H,9-10,12H2,1-2H3/t16-,18+,21+/m0/s1. The first kappa shape index (κ1) is 15.8. The number of anilines is 1. The van der Waals surface area contributed by atoms with Crippen LogP contribution in [0.3, 0.4) is 0 Å². The molecule has 0 bridgehead atoms. The van der Waals surface area contributed by atoms with Gasteiger partial charge in [-0.05, 0) is 48.6 Å². The summed E-state index contributed by atoms with van der Waals surface area (Å²) in [6.45, 7) is 0. The number of benzene rings is 2. The van der Waals surface area contributed by atoms with Gasteiger partial charge in [-0.3, -0.25) is 0 Å². The quantitative estimate of drug-likeness (QED) is 0.913. The summed E-state index contributed by atoms with van der Waals surface area (Å²) in [4.78, 5) is 0. The van der Waals surface area contributed by atoms with Crippen LogP contribution in [0, 0.1) is 11.3 Å². The maximum atomic E-state index is 10.1. The van der Waals surface area contributed by atoms with E-state index in [1.54, 1.807) is 14.2 Å². The van der Waals surface area contributed by atoms with Crippen LogP contribution in [-0.4, -0.2) is 20.3 Å². The highest BCUT2D eigenvalue weighted by molar-refractivity contribution is 5.60. The fourth-order valence-electron chi connectivity index (χ4n) is 4.44. The maximum Gasteiger partial charge on any atom is 0.161 e. The van der Waals surface area contributed by atoms with Crippen LogP contribution in [0.5, 0.6) is 11.5 Å². The molecule has 0 unspecified atom stereocenters. The van der Waals surface area contributed by atoms with E-state index < -0.39 is 5.41 Å². The second kappa shape index (κ2) is 6.00. The summed E-state index contributed by atoms with van der Waals surface area (Å²) in [7, 11) is 3.26. The average Bonchev–Trinajstić information content (AvgIpc) is 3.04. The molecule has 1 fully saturated rings. The first-order chi connectivity index (χ1) is 12.2. The van der Waals surface area contributed by atoms with Crippen LogP contribution in [-0.2, 0) is 5.41 Å². The molecular weight excluding hydrogens is 312 g/mol. The Bertz CT molecular complexity index is 842. The van der Waals surface area contributed by atoms with Crippen molar-refractivity contribution in [3.05, 3.63) is 53.6 Å². The van der Waals surface area contributed by atoms with E-state index in [0.717, 1.165) is 24.8 Å². The summed E-state index contributed by atoms with van der Waals surface area (Å²) in [6, 6.07) is 17.4. The van der Waals surface area contributed by atoms with Gasteiger partial charge in [-0.1, -0.05) is 24.3 Å². The highest BCUT2D eigenvalue weighted by Crippen LogP contribution is 2.51. The van der Waals surface area contributed by atoms with E-state index in [1.165, 1.54) is 11.3 Å². The Morgan fingerprint density at radius 1 is 1.12 bits per heavy atom. The molecule has 2 aromatic carbocycles. The summed E-state index contributed by atoms with van der Waals surface area (Å²) in [5, 5.41) is 13.7. The van der Waals surface area contributed by atoms with Crippen molar-refractivity contribution in [1.29, 1.82) is 5.26 Å². The predicted molar refractivity (Wildman–Crippen MR) is 97.3 cm³/mol. The van der Waals surface area contributed by atoms with Crippen molar-refractivity contribution in [3.8, 4) is 17.6 Å². The summed E-state index contributed by atoms with van der Waals surface area (Å²) >= 11 is 0. The molecule has 1 saturated carbocycles. The van der Waals surface area contributed by atoms with Gasteiger partial charge in [-0.15, -0.1) is 0 Å². The molecule has 0 radical (unpaired) electrons. The van der Waals surface area contributed by atoms with Gasteiger partial charge >= 0.3 is 0 Å². The van der Waals surface area contributed by atoms with Gasteiger partial charge in [-0.2, -0.15) is 5.26 Å². The topological polar surface area (TPSA) is 54.3 Å². The minimum Gasteiger partial charge on any atom is -0.493 e. The molecule has 0 spiro atoms. The third-order valence-electron chi connectivity index (χ3n) is 5.79. The largest absolute Gasteiger partial charge is 0.493 e. The van der Waals surface area contributed by atoms with Crippen molar-refractivity contribution in [1.82, 2.24) is 0 Å². The van der Waals surface area contributed by atoms with Crippen molar-refractivity contribution in [3.63, 3.8) is 0 Å². The third-order valence-corrected chi connectivity index (χ3v) is 5.79. The monoisotopic (exact) mass is 334 g/mol. The second-order valence-corrected chi connectivity index (χ2v) is 6.95. The number of para-hydroxylation sites is 1. The number of methoxy groups -OCH3 is 2. The SMILES string of the molecule is COc1ccc([C@]2(C#N)CC[C@H]3Nc4ccccc4[C@@H]3C2)cc1OC. The lowest BCUT2D eigenvalue weighted by Crippen LogP contribution is -2.38. The molecule has 1 aliphatic carbocycles. The molecule has 25 heavy (non-hydrogen) atoms. The molecular formula is C21H22N2O2. The number of nitrogens with zero attached hydrogens (tertiary/aromatic N) is 1. The van der Waals surface area contributed by atoms with Crippen LogP contribution in [0.4, 0.5) is 5.69 Å². The van der Waals surface area contributed by atoms with Gasteiger partial charge in [0.25, 0.3) is 0 Å². The zero-order valence-corrected chi connectivity index (χ0v) is 14.6. The summed E-state index contributed by atoms with van der Waals surface area (Å²) in [6.07, 6.45) is 2.66. The number of fused-ring (bicyclic) bond motifs is 3. The number of hydrogen-bond acceptors (Lipinski definition) is 4. The fraction of sp³-hybridized carbons (Fsp3) is 0.381. The van der Waals surface area contributed by atoms with Crippen LogP contribution in [0.1, 0.15) is 36.3 Å². The zero-order chi connectivity index (χ0) is 17.4. The molecule has 4 heteroatoms. The zero-order valence-electron chi connectivity index (χ0n) is 14.6. The molecule has 3 atom stereocenters. The van der Waals surface area contributed by atoms with Crippen LogP contribution < -0.4 is 14.8 Å². The van der Waals surface area contributed by atoms with Gasteiger partial charge in [0.05, 0.1) is 25.7 Å². The van der Waals surface area contributed by atoms with Crippen LogP contribution in [0.2, 0.25) is 0 Å². The van der Waals surface area contributed by atoms with E-state index in [4.69, 9.17) is 9.47 Å². The lowest BCUT2D eigenvalue weighted by molar-refractivity contribution is 0.312. The van der Waals surface area contributed by atoms with Crippen LogP contribution in [0.25, 0.3) is 0 Å². The van der Waals surface area contributed by atoms with E-state index in [9.17, 15) is 5.26 Å². The van der Waals surface area contributed by atoms with E-state index >= 15 is 0 Å². The predicted octanol–water partition coefficient (Wildman–Crippen LogP) is 4.23. The Morgan fingerprint density at radius 3 is 2.68 bits per heavy atom. The highest BCUT2D eigenvalue weighted by atomic mass is 16.5. The maximum absolute atomic E-state index is 10.1. The average molecular weight is 334 g/mol. The van der Waals surface area contributed by atoms with E-state index in [2.05, 4.69) is 35.7 Å². The minimum atomic E-state index is -0.486.